The van der Waals surface area contributed by atoms with Crippen LogP contribution in [0.3, 0.4) is 0 Å². The van der Waals surface area contributed by atoms with Gasteiger partial charge in [-0.05, 0) is 43.5 Å². The van der Waals surface area contributed by atoms with E-state index in [4.69, 9.17) is 20.9 Å². The number of ether oxygens (including phenoxy) is 2. The van der Waals surface area contributed by atoms with Crippen molar-refractivity contribution in [2.75, 3.05) is 38.7 Å². The van der Waals surface area contributed by atoms with Crippen molar-refractivity contribution in [2.24, 2.45) is 0 Å². The van der Waals surface area contributed by atoms with E-state index in [1.165, 1.54) is 81.1 Å². The number of anilines is 2. The van der Waals surface area contributed by atoms with E-state index in [9.17, 15) is 19.2 Å². The van der Waals surface area contributed by atoms with E-state index in [1.807, 2.05) is 6.92 Å². The van der Waals surface area contributed by atoms with Crippen molar-refractivity contribution in [1.29, 1.82) is 0 Å². The number of carbonyl (C=O) groups is 4. The van der Waals surface area contributed by atoms with Gasteiger partial charge in [0.05, 0.1) is 13.1 Å². The summed E-state index contributed by atoms with van der Waals surface area (Å²) < 4.78 is 11.0. The number of hydrogen-bond donors (Lipinski definition) is 2. The Morgan fingerprint density at radius 1 is 0.528 bits per heavy atom. The number of ketones is 2. The third kappa shape index (κ3) is 14.4. The molecule has 2 amide bonds. The molecule has 0 spiro atoms. The van der Waals surface area contributed by atoms with Crippen LogP contribution in [0.4, 0.5) is 21.0 Å². The molecule has 0 aromatic heterocycles. The van der Waals surface area contributed by atoms with E-state index in [1.54, 1.807) is 55.6 Å². The summed E-state index contributed by atoms with van der Waals surface area (Å²) in [6, 6.07) is 13.1. The largest absolute Gasteiger partial charge is 0.415 e. The summed E-state index contributed by atoms with van der Waals surface area (Å²) in [5.41, 5.74) is 13.9. The molecule has 1 aliphatic carbocycles. The van der Waals surface area contributed by atoms with Gasteiger partial charge in [-0.3, -0.25) is 9.59 Å². The highest BCUT2D eigenvalue weighted by Crippen LogP contribution is 2.32. The summed E-state index contributed by atoms with van der Waals surface area (Å²) in [6.07, 6.45) is 16.9. The molecule has 0 bridgehead atoms. The van der Waals surface area contributed by atoms with Crippen LogP contribution in [0.2, 0.25) is 0 Å². The van der Waals surface area contributed by atoms with Crippen molar-refractivity contribution in [3.05, 3.63) is 70.8 Å². The molecule has 0 saturated carbocycles. The molecule has 0 fully saturated rings. The Kier molecular flexibility index (Phi) is 18.7. The summed E-state index contributed by atoms with van der Waals surface area (Å²) in [5, 5.41) is 0. The highest BCUT2D eigenvalue weighted by atomic mass is 16.6. The fourth-order valence-electron chi connectivity index (χ4n) is 6.64. The molecule has 10 heteroatoms. The number of nitrogens with zero attached hydrogens (tertiary/aromatic N) is 2. The summed E-state index contributed by atoms with van der Waals surface area (Å²) in [4.78, 5) is 57.4. The summed E-state index contributed by atoms with van der Waals surface area (Å²) in [5.74, 6) is 0.0258. The second-order valence-electron chi connectivity index (χ2n) is 14.3. The van der Waals surface area contributed by atoms with E-state index < -0.39 is 12.2 Å². The van der Waals surface area contributed by atoms with Gasteiger partial charge in [-0.2, -0.15) is 0 Å². The maximum Gasteiger partial charge on any atom is 0.415 e. The first-order valence-corrected chi connectivity index (χ1v) is 19.7. The molecule has 2 aromatic carbocycles. The second kappa shape index (κ2) is 23.1. The minimum Gasteiger partial charge on any atom is -0.410 e. The van der Waals surface area contributed by atoms with Crippen molar-refractivity contribution in [2.45, 2.75) is 123 Å². The molecular weight excluding hydrogens is 668 g/mol. The molecule has 0 radical (unpaired) electrons. The molecule has 1 aliphatic rings. The lowest BCUT2D eigenvalue weighted by atomic mass is 9.80. The van der Waals surface area contributed by atoms with Crippen molar-refractivity contribution in [3.8, 4) is 11.5 Å². The maximum absolute atomic E-state index is 14.4. The van der Waals surface area contributed by atoms with Crippen LogP contribution in [-0.2, 0) is 9.59 Å². The summed E-state index contributed by atoms with van der Waals surface area (Å²) in [6.45, 7) is 4.00. The third-order valence-corrected chi connectivity index (χ3v) is 9.65. The van der Waals surface area contributed by atoms with Crippen molar-refractivity contribution >= 4 is 35.1 Å². The van der Waals surface area contributed by atoms with Crippen LogP contribution in [0.25, 0.3) is 0 Å². The highest BCUT2D eigenvalue weighted by Gasteiger charge is 2.35. The van der Waals surface area contributed by atoms with Gasteiger partial charge < -0.3 is 30.7 Å². The first-order valence-electron chi connectivity index (χ1n) is 19.7. The Hall–Kier alpha value is -4.60. The van der Waals surface area contributed by atoms with E-state index in [2.05, 4.69) is 6.92 Å². The molecule has 0 unspecified atom stereocenters. The Balaban J connectivity index is 1.69. The minimum atomic E-state index is -0.675. The molecule has 2 aromatic rings. The topological polar surface area (TPSA) is 145 Å². The van der Waals surface area contributed by atoms with Gasteiger partial charge in [-0.15, -0.1) is 0 Å². The van der Waals surface area contributed by atoms with Crippen LogP contribution >= 0.6 is 0 Å². The van der Waals surface area contributed by atoms with E-state index in [-0.39, 0.29) is 41.7 Å². The average molecular weight is 731 g/mol. The fourth-order valence-corrected chi connectivity index (χ4v) is 6.64. The Labute approximate surface area is 316 Å². The number of carbonyl (C=O) groups excluding carboxylic acids is 4. The smallest absolute Gasteiger partial charge is 0.410 e. The SMILES string of the molecule is CCCCCCCCCCCCCCCCC1=C(CN(C)C(=O)Oc2cccc(N)c2)C(=O)C(CCC)=C(CN(C)C(=O)Oc2cccc(N)c2)C1=O. The number of nitrogen functional groups attached to an aromatic ring is 2. The zero-order chi connectivity index (χ0) is 38.6. The highest BCUT2D eigenvalue weighted by molar-refractivity contribution is 6.25. The van der Waals surface area contributed by atoms with Gasteiger partial charge in [0.25, 0.3) is 0 Å². The number of Topliss-reactive ketones (excluding diaryl/α,β-unsaturated/α-hetero) is 2. The fraction of sp³-hybridized carbons (Fsp3) is 0.535. The predicted octanol–water partition coefficient (Wildman–Crippen LogP) is 9.83. The van der Waals surface area contributed by atoms with Crippen molar-refractivity contribution in [1.82, 2.24) is 9.80 Å². The molecule has 53 heavy (non-hydrogen) atoms. The van der Waals surface area contributed by atoms with Crippen LogP contribution < -0.4 is 20.9 Å². The summed E-state index contributed by atoms with van der Waals surface area (Å²) in [7, 11) is 3.08. The van der Waals surface area contributed by atoms with E-state index in [0.717, 1.165) is 25.7 Å². The number of allylic oxidation sites excluding steroid dienone is 2. The molecule has 290 valence electrons. The monoisotopic (exact) mass is 730 g/mol. The van der Waals surface area contributed by atoms with Gasteiger partial charge >= 0.3 is 12.2 Å². The van der Waals surface area contributed by atoms with Gasteiger partial charge in [0.15, 0.2) is 11.6 Å². The van der Waals surface area contributed by atoms with E-state index in [0.29, 0.717) is 47.4 Å². The van der Waals surface area contributed by atoms with Crippen LogP contribution in [0, 0.1) is 0 Å². The number of rotatable bonds is 23. The number of unbranched alkanes of at least 4 members (excludes halogenated alkanes) is 13. The Bertz CT molecular complexity index is 1580. The Morgan fingerprint density at radius 3 is 1.28 bits per heavy atom. The minimum absolute atomic E-state index is 0.0898. The number of hydrogen-bond acceptors (Lipinski definition) is 8. The van der Waals surface area contributed by atoms with Crippen molar-refractivity contribution in [3.63, 3.8) is 0 Å². The van der Waals surface area contributed by atoms with Crippen LogP contribution in [0.5, 0.6) is 11.5 Å². The lowest BCUT2D eigenvalue weighted by Gasteiger charge is -2.28. The van der Waals surface area contributed by atoms with Crippen LogP contribution in [0.15, 0.2) is 70.8 Å². The zero-order valence-electron chi connectivity index (χ0n) is 32.6. The Morgan fingerprint density at radius 2 is 0.906 bits per heavy atom. The zero-order valence-corrected chi connectivity index (χ0v) is 32.6. The lowest BCUT2D eigenvalue weighted by Crippen LogP contribution is -2.39. The number of likely N-dealkylation sites (N-methyl/N-ethyl adjacent to an activating group) is 2. The van der Waals surface area contributed by atoms with Crippen LogP contribution in [-0.4, -0.2) is 60.7 Å². The first kappa shape index (κ1) is 42.8. The number of amides is 2. The second-order valence-corrected chi connectivity index (χ2v) is 14.3. The van der Waals surface area contributed by atoms with Gasteiger partial charge in [0.2, 0.25) is 0 Å². The van der Waals surface area contributed by atoms with E-state index >= 15 is 0 Å². The van der Waals surface area contributed by atoms with Crippen LogP contribution in [0.1, 0.15) is 123 Å². The molecule has 0 aliphatic heterocycles. The predicted molar refractivity (Wildman–Crippen MR) is 213 cm³/mol. The van der Waals surface area contributed by atoms with Gasteiger partial charge in [-0.1, -0.05) is 116 Å². The first-order chi connectivity index (χ1) is 25.5. The third-order valence-electron chi connectivity index (χ3n) is 9.65. The van der Waals surface area contributed by atoms with Gasteiger partial charge in [0.1, 0.15) is 11.5 Å². The number of nitrogens with two attached hydrogens (primary N) is 2. The normalized spacial score (nSPS) is 13.1. The number of benzene rings is 2. The molecule has 0 heterocycles. The maximum atomic E-state index is 14.4. The average Bonchev–Trinajstić information content (AvgIpc) is 3.12. The molecule has 4 N–H and O–H groups in total. The molecule has 10 nitrogen and oxygen atoms in total. The molecular formula is C43H62N4O6. The molecule has 0 atom stereocenters. The molecule has 3 rings (SSSR count). The molecule has 0 saturated heterocycles. The summed E-state index contributed by atoms with van der Waals surface area (Å²) >= 11 is 0. The standard InChI is InChI=1S/C43H62N4O6/c1-5-7-8-9-10-11-12-13-14-15-16-17-18-19-27-37-39(31-47(4)43(51)53-35-26-21-24-33(45)29-35)40(48)36(22-6-2)38(41(37)49)30-46(3)42(50)52-34-25-20-23-32(44)28-34/h20-21,23-26,28-29H,5-19,22,27,30-31,44-45H2,1-4H3. The quantitative estimate of drug-likeness (QED) is 0.0653. The lowest BCUT2D eigenvalue weighted by molar-refractivity contribution is -0.117. The van der Waals surface area contributed by atoms with Gasteiger partial charge in [0, 0.05) is 59.9 Å². The van der Waals surface area contributed by atoms with Crippen molar-refractivity contribution < 1.29 is 28.7 Å². The van der Waals surface area contributed by atoms with Gasteiger partial charge in [-0.25, -0.2) is 9.59 Å².